The van der Waals surface area contributed by atoms with E-state index >= 15 is 0 Å². The predicted molar refractivity (Wildman–Crippen MR) is 72.4 cm³/mol. The molecule has 1 atom stereocenters. The molecule has 7 nitrogen and oxygen atoms in total. The normalized spacial score (nSPS) is 11.9. The minimum atomic E-state index is -1.07. The second-order valence-electron chi connectivity index (χ2n) is 4.21. The highest BCUT2D eigenvalue weighted by Gasteiger charge is 2.12. The molecule has 0 aliphatic heterocycles. The van der Waals surface area contributed by atoms with Gasteiger partial charge in [-0.1, -0.05) is 6.07 Å². The van der Waals surface area contributed by atoms with Crippen LogP contribution in [-0.4, -0.2) is 48.3 Å². The van der Waals surface area contributed by atoms with E-state index < -0.39 is 12.0 Å². The Bertz CT molecular complexity index is 465. The highest BCUT2D eigenvalue weighted by atomic mass is 16.5. The van der Waals surface area contributed by atoms with Crippen LogP contribution in [0.1, 0.15) is 23.1 Å². The summed E-state index contributed by atoms with van der Waals surface area (Å²) < 4.78 is 4.84. The maximum absolute atomic E-state index is 11.7. The number of aromatic carboxylic acids is 1. The molecule has 3 N–H and O–H groups in total. The Morgan fingerprint density at radius 2 is 2.20 bits per heavy atom. The third-order valence-electron chi connectivity index (χ3n) is 2.61. The Balaban J connectivity index is 2.44. The van der Waals surface area contributed by atoms with Crippen LogP contribution in [0.3, 0.4) is 0 Å². The van der Waals surface area contributed by atoms with E-state index in [-0.39, 0.29) is 11.6 Å². The average molecular weight is 281 g/mol. The molecule has 0 aliphatic carbocycles. The minimum absolute atomic E-state index is 0.0125. The van der Waals surface area contributed by atoms with E-state index in [1.165, 1.54) is 6.07 Å². The first-order valence-corrected chi connectivity index (χ1v) is 6.24. The van der Waals surface area contributed by atoms with Gasteiger partial charge < -0.3 is 20.5 Å². The van der Waals surface area contributed by atoms with Gasteiger partial charge >= 0.3 is 5.97 Å². The Morgan fingerprint density at radius 1 is 1.45 bits per heavy atom. The van der Waals surface area contributed by atoms with Crippen LogP contribution in [0.15, 0.2) is 18.2 Å². The molecule has 0 bridgehead atoms. The van der Waals surface area contributed by atoms with E-state index in [9.17, 15) is 9.59 Å². The molecule has 0 fully saturated rings. The lowest BCUT2D eigenvalue weighted by Crippen LogP contribution is -2.42. The number of carbonyl (C=O) groups excluding carboxylic acids is 1. The van der Waals surface area contributed by atoms with E-state index in [1.807, 2.05) is 0 Å². The summed E-state index contributed by atoms with van der Waals surface area (Å²) in [5, 5.41) is 14.5. The standard InChI is InChI=1S/C13H19N3O4/c1-9(12(17)14-6-7-20-2)15-8-10-4-3-5-11(16-10)13(18)19/h3-5,9,15H,6-8H2,1-2H3,(H,14,17)(H,18,19). The molecule has 0 aromatic carbocycles. The largest absolute Gasteiger partial charge is 0.477 e. The molecule has 1 aromatic rings. The fourth-order valence-corrected chi connectivity index (χ4v) is 1.48. The molecule has 1 unspecified atom stereocenters. The fraction of sp³-hybridized carbons (Fsp3) is 0.462. The van der Waals surface area contributed by atoms with Crippen molar-refractivity contribution in [3.05, 3.63) is 29.6 Å². The van der Waals surface area contributed by atoms with E-state index in [0.29, 0.717) is 25.4 Å². The molecule has 0 aliphatic rings. The fourth-order valence-electron chi connectivity index (χ4n) is 1.48. The van der Waals surface area contributed by atoms with Gasteiger partial charge in [0.25, 0.3) is 0 Å². The quantitative estimate of drug-likeness (QED) is 0.581. The van der Waals surface area contributed by atoms with Crippen LogP contribution in [0.25, 0.3) is 0 Å². The maximum Gasteiger partial charge on any atom is 0.354 e. The summed E-state index contributed by atoms with van der Waals surface area (Å²) in [6.45, 7) is 2.96. The number of ether oxygens (including phenoxy) is 1. The van der Waals surface area contributed by atoms with Crippen molar-refractivity contribution in [2.24, 2.45) is 0 Å². The van der Waals surface area contributed by atoms with Gasteiger partial charge in [0.2, 0.25) is 5.91 Å². The monoisotopic (exact) mass is 281 g/mol. The van der Waals surface area contributed by atoms with E-state index in [2.05, 4.69) is 15.6 Å². The predicted octanol–water partition coefficient (Wildman–Crippen LogP) is 0.0205. The molecule has 0 saturated heterocycles. The molecule has 1 amide bonds. The molecule has 1 aromatic heterocycles. The third kappa shape index (κ3) is 5.33. The van der Waals surface area contributed by atoms with Gasteiger partial charge in [-0.2, -0.15) is 0 Å². The Kier molecular flexibility index (Phi) is 6.61. The summed E-state index contributed by atoms with van der Waals surface area (Å²) in [6.07, 6.45) is 0. The van der Waals surface area contributed by atoms with Crippen molar-refractivity contribution in [3.8, 4) is 0 Å². The summed E-state index contributed by atoms with van der Waals surface area (Å²) in [6, 6.07) is 4.35. The average Bonchev–Trinajstić information content (AvgIpc) is 2.45. The Morgan fingerprint density at radius 3 is 2.85 bits per heavy atom. The van der Waals surface area contributed by atoms with Crippen LogP contribution < -0.4 is 10.6 Å². The number of methoxy groups -OCH3 is 1. The van der Waals surface area contributed by atoms with Gasteiger partial charge in [-0.3, -0.25) is 4.79 Å². The van der Waals surface area contributed by atoms with Crippen LogP contribution in [0.2, 0.25) is 0 Å². The van der Waals surface area contributed by atoms with Crippen molar-refractivity contribution in [2.45, 2.75) is 19.5 Å². The van der Waals surface area contributed by atoms with Crippen LogP contribution in [0.4, 0.5) is 0 Å². The van der Waals surface area contributed by atoms with Gasteiger partial charge in [0.1, 0.15) is 5.69 Å². The molecule has 1 heterocycles. The van der Waals surface area contributed by atoms with Crippen molar-refractivity contribution in [2.75, 3.05) is 20.3 Å². The zero-order chi connectivity index (χ0) is 15.0. The van der Waals surface area contributed by atoms with Crippen LogP contribution in [0, 0.1) is 0 Å². The van der Waals surface area contributed by atoms with Crippen LogP contribution in [0.5, 0.6) is 0 Å². The van der Waals surface area contributed by atoms with Crippen molar-refractivity contribution in [3.63, 3.8) is 0 Å². The smallest absolute Gasteiger partial charge is 0.354 e. The van der Waals surface area contributed by atoms with Crippen molar-refractivity contribution in [1.82, 2.24) is 15.6 Å². The summed E-state index contributed by atoms with van der Waals surface area (Å²) in [5.74, 6) is -1.21. The van der Waals surface area contributed by atoms with Crippen LogP contribution >= 0.6 is 0 Å². The van der Waals surface area contributed by atoms with Gasteiger partial charge in [0.05, 0.1) is 18.3 Å². The Labute approximate surface area is 117 Å². The number of aromatic nitrogens is 1. The number of rotatable bonds is 8. The molecule has 7 heteroatoms. The summed E-state index contributed by atoms with van der Waals surface area (Å²) >= 11 is 0. The lowest BCUT2D eigenvalue weighted by molar-refractivity contribution is -0.123. The first kappa shape index (κ1) is 16.1. The van der Waals surface area contributed by atoms with Gasteiger partial charge in [0, 0.05) is 20.2 Å². The van der Waals surface area contributed by atoms with E-state index in [0.717, 1.165) is 0 Å². The van der Waals surface area contributed by atoms with E-state index in [1.54, 1.807) is 26.2 Å². The molecule has 20 heavy (non-hydrogen) atoms. The van der Waals surface area contributed by atoms with Crippen molar-refractivity contribution < 1.29 is 19.4 Å². The number of nitrogens with one attached hydrogen (secondary N) is 2. The maximum atomic E-state index is 11.7. The molecule has 0 saturated carbocycles. The molecular weight excluding hydrogens is 262 g/mol. The second-order valence-corrected chi connectivity index (χ2v) is 4.21. The molecule has 110 valence electrons. The van der Waals surface area contributed by atoms with Gasteiger partial charge in [-0.25, -0.2) is 9.78 Å². The molecule has 1 rings (SSSR count). The van der Waals surface area contributed by atoms with Gasteiger partial charge in [-0.15, -0.1) is 0 Å². The zero-order valence-corrected chi connectivity index (χ0v) is 11.5. The number of amides is 1. The van der Waals surface area contributed by atoms with Crippen molar-refractivity contribution >= 4 is 11.9 Å². The molecular formula is C13H19N3O4. The summed E-state index contributed by atoms with van der Waals surface area (Å²) in [4.78, 5) is 26.4. The third-order valence-corrected chi connectivity index (χ3v) is 2.61. The molecule has 0 radical (unpaired) electrons. The summed E-state index contributed by atoms with van der Waals surface area (Å²) in [5.41, 5.74) is 0.558. The number of pyridine rings is 1. The van der Waals surface area contributed by atoms with Crippen molar-refractivity contribution in [1.29, 1.82) is 0 Å². The number of hydrogen-bond acceptors (Lipinski definition) is 5. The summed E-state index contributed by atoms with van der Waals surface area (Å²) in [7, 11) is 1.56. The van der Waals surface area contributed by atoms with Crippen LogP contribution in [-0.2, 0) is 16.1 Å². The van der Waals surface area contributed by atoms with Gasteiger partial charge in [-0.05, 0) is 19.1 Å². The zero-order valence-electron chi connectivity index (χ0n) is 11.5. The Hall–Kier alpha value is -1.99. The second kappa shape index (κ2) is 8.23. The highest BCUT2D eigenvalue weighted by molar-refractivity contribution is 5.85. The first-order valence-electron chi connectivity index (χ1n) is 6.24. The topological polar surface area (TPSA) is 101 Å². The number of carboxylic acids is 1. The highest BCUT2D eigenvalue weighted by Crippen LogP contribution is 2.00. The SMILES string of the molecule is COCCNC(=O)C(C)NCc1cccc(C(=O)O)n1. The molecule has 0 spiro atoms. The number of nitrogens with zero attached hydrogens (tertiary/aromatic N) is 1. The first-order chi connectivity index (χ1) is 9.54. The lowest BCUT2D eigenvalue weighted by atomic mass is 10.2. The number of carboxylic acid groups (broad SMARTS) is 1. The minimum Gasteiger partial charge on any atom is -0.477 e. The van der Waals surface area contributed by atoms with Gasteiger partial charge in [0.15, 0.2) is 0 Å². The van der Waals surface area contributed by atoms with E-state index in [4.69, 9.17) is 9.84 Å². The lowest BCUT2D eigenvalue weighted by Gasteiger charge is -2.13. The number of hydrogen-bond donors (Lipinski definition) is 3. The number of carbonyl (C=O) groups is 2.